The summed E-state index contributed by atoms with van der Waals surface area (Å²) in [7, 11) is 0. The lowest BCUT2D eigenvalue weighted by Gasteiger charge is -2.03. The Labute approximate surface area is 142 Å². The van der Waals surface area contributed by atoms with Gasteiger partial charge in [-0.25, -0.2) is 4.39 Å². The molecule has 1 amide bonds. The van der Waals surface area contributed by atoms with Crippen LogP contribution < -0.4 is 5.73 Å². The molecule has 1 aromatic heterocycles. The Kier molecular flexibility index (Phi) is 5.73. The summed E-state index contributed by atoms with van der Waals surface area (Å²) < 4.78 is 13.0. The molecule has 4 nitrogen and oxygen atoms in total. The molecule has 0 fully saturated rings. The molecule has 3 N–H and O–H groups in total. The molecule has 0 atom stereocenters. The number of rotatable bonds is 2. The van der Waals surface area contributed by atoms with E-state index in [4.69, 9.17) is 28.9 Å². The maximum atomic E-state index is 13.0. The normalized spacial score (nSPS) is 9.87. The number of nitrogens with one attached hydrogen (secondary N) is 1. The van der Waals surface area contributed by atoms with Crippen molar-refractivity contribution in [3.63, 3.8) is 0 Å². The molecule has 0 radical (unpaired) electrons. The van der Waals surface area contributed by atoms with E-state index in [1.807, 2.05) is 12.1 Å². The highest BCUT2D eigenvalue weighted by Crippen LogP contribution is 2.28. The van der Waals surface area contributed by atoms with Gasteiger partial charge in [0.1, 0.15) is 5.82 Å². The summed E-state index contributed by atoms with van der Waals surface area (Å²) in [5.74, 6) is -0.725. The van der Waals surface area contributed by atoms with Gasteiger partial charge in [0.05, 0.1) is 21.8 Å². The monoisotopic (exact) mass is 351 g/mol. The molecule has 0 saturated heterocycles. The number of carbonyl (C=O) groups excluding carboxylic acids is 1. The second-order valence-electron chi connectivity index (χ2n) is 4.49. The van der Waals surface area contributed by atoms with Crippen molar-refractivity contribution in [1.82, 2.24) is 10.2 Å². The number of hydrogen-bond acceptors (Lipinski definition) is 2. The molecule has 0 aliphatic heterocycles. The highest BCUT2D eigenvalue weighted by atomic mass is 35.5. The zero-order valence-electron chi connectivity index (χ0n) is 11.8. The number of aromatic nitrogens is 2. The third kappa shape index (κ3) is 4.81. The zero-order chi connectivity index (χ0) is 16.8. The van der Waals surface area contributed by atoms with Crippen LogP contribution in [0.15, 0.2) is 54.9 Å². The molecule has 23 heavy (non-hydrogen) atoms. The lowest BCUT2D eigenvalue weighted by molar-refractivity contribution is 0.100. The van der Waals surface area contributed by atoms with E-state index in [-0.39, 0.29) is 5.82 Å². The van der Waals surface area contributed by atoms with Crippen molar-refractivity contribution in [1.29, 1.82) is 0 Å². The fraction of sp³-hybridized carbons (Fsp3) is 0. The summed E-state index contributed by atoms with van der Waals surface area (Å²) in [6.07, 6.45) is 2.82. The Hall–Kier alpha value is -2.37. The molecule has 0 aliphatic rings. The molecular formula is C16H12Cl2FN3O. The Morgan fingerprint density at radius 1 is 1.09 bits per heavy atom. The molecule has 1 heterocycles. The maximum absolute atomic E-state index is 13.0. The van der Waals surface area contributed by atoms with Crippen LogP contribution in [0.2, 0.25) is 10.0 Å². The quantitative estimate of drug-likeness (QED) is 0.721. The molecule has 0 spiro atoms. The first-order chi connectivity index (χ1) is 11.0. The van der Waals surface area contributed by atoms with Gasteiger partial charge in [0.25, 0.3) is 5.91 Å². The van der Waals surface area contributed by atoms with Crippen molar-refractivity contribution < 1.29 is 9.18 Å². The van der Waals surface area contributed by atoms with Crippen LogP contribution in [0.5, 0.6) is 0 Å². The number of nitrogens with zero attached hydrogens (tertiary/aromatic N) is 1. The topological polar surface area (TPSA) is 71.8 Å². The number of aromatic amines is 1. The largest absolute Gasteiger partial charge is 0.366 e. The fourth-order valence-electron chi connectivity index (χ4n) is 1.73. The van der Waals surface area contributed by atoms with Crippen molar-refractivity contribution in [2.24, 2.45) is 5.73 Å². The molecule has 0 aliphatic carbocycles. The van der Waals surface area contributed by atoms with Crippen molar-refractivity contribution in [3.05, 3.63) is 76.3 Å². The summed E-state index contributed by atoms with van der Waals surface area (Å²) in [6, 6.07) is 11.6. The van der Waals surface area contributed by atoms with Gasteiger partial charge in [-0.05, 0) is 35.4 Å². The second kappa shape index (κ2) is 7.76. The van der Waals surface area contributed by atoms with Crippen molar-refractivity contribution in [3.8, 4) is 11.1 Å². The Morgan fingerprint density at radius 3 is 2.35 bits per heavy atom. The summed E-state index contributed by atoms with van der Waals surface area (Å²) >= 11 is 11.7. The number of H-pyrrole nitrogens is 1. The van der Waals surface area contributed by atoms with E-state index in [1.165, 1.54) is 24.5 Å². The summed E-state index contributed by atoms with van der Waals surface area (Å²) in [6.45, 7) is 0. The van der Waals surface area contributed by atoms with E-state index in [1.54, 1.807) is 18.2 Å². The molecule has 7 heteroatoms. The Morgan fingerprint density at radius 2 is 1.83 bits per heavy atom. The van der Waals surface area contributed by atoms with Crippen LogP contribution in [0.25, 0.3) is 11.1 Å². The van der Waals surface area contributed by atoms with Crippen LogP contribution in [0.1, 0.15) is 10.4 Å². The first-order valence-corrected chi connectivity index (χ1v) is 7.22. The molecule has 2 aromatic carbocycles. The van der Waals surface area contributed by atoms with E-state index < -0.39 is 5.91 Å². The van der Waals surface area contributed by atoms with Crippen LogP contribution in [0.4, 0.5) is 4.39 Å². The predicted molar refractivity (Wildman–Crippen MR) is 89.0 cm³/mol. The number of nitrogens with two attached hydrogens (primary N) is 1. The van der Waals surface area contributed by atoms with Crippen LogP contribution in [0, 0.1) is 5.82 Å². The van der Waals surface area contributed by atoms with Crippen LogP contribution in [-0.2, 0) is 0 Å². The van der Waals surface area contributed by atoms with Gasteiger partial charge in [0.15, 0.2) is 0 Å². The first kappa shape index (κ1) is 17.0. The number of amides is 1. The van der Waals surface area contributed by atoms with E-state index in [2.05, 4.69) is 10.2 Å². The van der Waals surface area contributed by atoms with Crippen LogP contribution >= 0.6 is 23.2 Å². The SMILES string of the molecule is Fc1cccc(-c2ccc(Cl)c(Cl)c2)c1.NC(=O)c1cn[nH]c1. The number of carbonyl (C=O) groups is 1. The zero-order valence-corrected chi connectivity index (χ0v) is 13.3. The average molecular weight is 352 g/mol. The Balaban J connectivity index is 0.000000203. The smallest absolute Gasteiger partial charge is 0.251 e. The fourth-order valence-corrected chi connectivity index (χ4v) is 2.03. The van der Waals surface area contributed by atoms with Gasteiger partial charge in [-0.2, -0.15) is 5.10 Å². The summed E-state index contributed by atoms with van der Waals surface area (Å²) in [4.78, 5) is 10.2. The molecular weight excluding hydrogens is 340 g/mol. The van der Waals surface area contributed by atoms with Gasteiger partial charge in [-0.1, -0.05) is 41.4 Å². The van der Waals surface area contributed by atoms with Crippen molar-refractivity contribution >= 4 is 29.1 Å². The molecule has 3 rings (SSSR count). The summed E-state index contributed by atoms with van der Waals surface area (Å²) in [5.41, 5.74) is 6.90. The minimum Gasteiger partial charge on any atom is -0.366 e. The lowest BCUT2D eigenvalue weighted by atomic mass is 10.1. The predicted octanol–water partition coefficient (Wildman–Crippen LogP) is 4.31. The van der Waals surface area contributed by atoms with Crippen LogP contribution in [-0.4, -0.2) is 16.1 Å². The van der Waals surface area contributed by atoms with Crippen molar-refractivity contribution in [2.75, 3.05) is 0 Å². The second-order valence-corrected chi connectivity index (χ2v) is 5.30. The molecule has 0 unspecified atom stereocenters. The van der Waals surface area contributed by atoms with Gasteiger partial charge in [-0.3, -0.25) is 9.89 Å². The number of primary amides is 1. The molecule has 0 bridgehead atoms. The van der Waals surface area contributed by atoms with Gasteiger partial charge in [0.2, 0.25) is 0 Å². The van der Waals surface area contributed by atoms with E-state index in [9.17, 15) is 9.18 Å². The van der Waals surface area contributed by atoms with Gasteiger partial charge >= 0.3 is 0 Å². The first-order valence-electron chi connectivity index (χ1n) is 6.47. The summed E-state index contributed by atoms with van der Waals surface area (Å²) in [5, 5.41) is 6.95. The number of benzene rings is 2. The minimum atomic E-state index is -0.459. The number of hydrogen-bond donors (Lipinski definition) is 2. The van der Waals surface area contributed by atoms with E-state index in [0.717, 1.165) is 11.1 Å². The third-order valence-corrected chi connectivity index (χ3v) is 3.60. The average Bonchev–Trinajstić information content (AvgIpc) is 3.05. The third-order valence-electron chi connectivity index (χ3n) is 2.86. The Bertz CT molecular complexity index is 807. The van der Waals surface area contributed by atoms with Gasteiger partial charge < -0.3 is 5.73 Å². The lowest BCUT2D eigenvalue weighted by Crippen LogP contribution is -2.09. The maximum Gasteiger partial charge on any atom is 0.251 e. The van der Waals surface area contributed by atoms with Crippen molar-refractivity contribution in [2.45, 2.75) is 0 Å². The highest BCUT2D eigenvalue weighted by molar-refractivity contribution is 6.42. The molecule has 118 valence electrons. The minimum absolute atomic E-state index is 0.265. The number of halogens is 3. The van der Waals surface area contributed by atoms with Gasteiger partial charge in [-0.15, -0.1) is 0 Å². The van der Waals surface area contributed by atoms with Gasteiger partial charge in [0, 0.05) is 6.20 Å². The standard InChI is InChI=1S/C12H7Cl2F.C4H5N3O/c13-11-5-4-9(7-12(11)14)8-2-1-3-10(15)6-8;5-4(8)3-1-6-7-2-3/h1-7H;1-2H,(H2,5,8)(H,6,7). The molecule has 0 saturated carbocycles. The molecule has 3 aromatic rings. The van der Waals surface area contributed by atoms with E-state index >= 15 is 0 Å². The van der Waals surface area contributed by atoms with Crippen LogP contribution in [0.3, 0.4) is 0 Å². The van der Waals surface area contributed by atoms with E-state index in [0.29, 0.717) is 15.6 Å². The highest BCUT2D eigenvalue weighted by Gasteiger charge is 2.02.